The first-order valence-corrected chi connectivity index (χ1v) is 8.83. The van der Waals surface area contributed by atoms with Gasteiger partial charge < -0.3 is 4.43 Å². The molecule has 0 spiro atoms. The molecule has 0 amide bonds. The Balaban J connectivity index is 2.39. The van der Waals surface area contributed by atoms with Crippen LogP contribution >= 0.6 is 0 Å². The normalized spacial score (nSPS) is 13.0. The molecule has 0 bridgehead atoms. The monoisotopic (exact) mass is 248 g/mol. The number of fused-ring (bicyclic) bond motifs is 1. The highest BCUT2D eigenvalue weighted by Crippen LogP contribution is 2.38. The Morgan fingerprint density at radius 3 is 2.59 bits per heavy atom. The second-order valence-electron chi connectivity index (χ2n) is 5.95. The van der Waals surface area contributed by atoms with Gasteiger partial charge in [0.2, 0.25) is 0 Å². The molecule has 17 heavy (non-hydrogen) atoms. The van der Waals surface area contributed by atoms with Crippen molar-refractivity contribution in [3.8, 4) is 5.75 Å². The lowest BCUT2D eigenvalue weighted by Gasteiger charge is -2.36. The number of aromatic amines is 1. The minimum absolute atomic E-state index is 0.207. The fourth-order valence-corrected chi connectivity index (χ4v) is 2.49. The molecular weight excluding hydrogens is 228 g/mol. The Hall–Kier alpha value is -1.29. The van der Waals surface area contributed by atoms with E-state index in [1.54, 1.807) is 0 Å². The molecule has 3 nitrogen and oxygen atoms in total. The third-order valence-corrected chi connectivity index (χ3v) is 7.96. The zero-order chi connectivity index (χ0) is 12.7. The summed E-state index contributed by atoms with van der Waals surface area (Å²) in [5, 5.41) is 8.31. The van der Waals surface area contributed by atoms with E-state index >= 15 is 0 Å². The maximum atomic E-state index is 6.32. The molecule has 0 fully saturated rings. The number of nitrogens with one attached hydrogen (secondary N) is 1. The van der Waals surface area contributed by atoms with Crippen LogP contribution in [0.25, 0.3) is 10.9 Å². The maximum Gasteiger partial charge on any atom is 0.250 e. The van der Waals surface area contributed by atoms with Crippen LogP contribution in [0.2, 0.25) is 18.1 Å². The largest absolute Gasteiger partial charge is 0.543 e. The van der Waals surface area contributed by atoms with Crippen molar-refractivity contribution < 1.29 is 4.43 Å². The van der Waals surface area contributed by atoms with Crippen LogP contribution in [-0.2, 0) is 0 Å². The van der Waals surface area contributed by atoms with Gasteiger partial charge in [0.1, 0.15) is 5.75 Å². The maximum absolute atomic E-state index is 6.32. The Kier molecular flexibility index (Phi) is 2.77. The summed E-state index contributed by atoms with van der Waals surface area (Å²) in [7, 11) is -1.78. The number of hydrogen-bond donors (Lipinski definition) is 1. The molecular formula is C13H20N2OSi. The molecule has 1 aromatic heterocycles. The summed E-state index contributed by atoms with van der Waals surface area (Å²) >= 11 is 0. The summed E-state index contributed by atoms with van der Waals surface area (Å²) in [6.45, 7) is 11.2. The lowest BCUT2D eigenvalue weighted by Crippen LogP contribution is -2.43. The average molecular weight is 248 g/mol. The second-order valence-corrected chi connectivity index (χ2v) is 10.7. The molecule has 0 aliphatic rings. The van der Waals surface area contributed by atoms with Crippen molar-refractivity contribution in [1.82, 2.24) is 10.2 Å². The first kappa shape index (κ1) is 12.2. The number of rotatable bonds is 2. The molecule has 1 aromatic carbocycles. The summed E-state index contributed by atoms with van der Waals surface area (Å²) in [5.41, 5.74) is 1.03. The second kappa shape index (κ2) is 3.87. The van der Waals surface area contributed by atoms with E-state index < -0.39 is 8.32 Å². The van der Waals surface area contributed by atoms with Crippen LogP contribution < -0.4 is 4.43 Å². The van der Waals surface area contributed by atoms with Gasteiger partial charge in [-0.05, 0) is 30.3 Å². The highest BCUT2D eigenvalue weighted by Gasteiger charge is 2.39. The third-order valence-electron chi connectivity index (χ3n) is 3.62. The van der Waals surface area contributed by atoms with Crippen LogP contribution in [0.3, 0.4) is 0 Å². The molecule has 0 radical (unpaired) electrons. The van der Waals surface area contributed by atoms with Gasteiger partial charge in [-0.3, -0.25) is 5.10 Å². The zero-order valence-electron chi connectivity index (χ0n) is 11.2. The fourth-order valence-electron chi connectivity index (χ4n) is 1.46. The minimum Gasteiger partial charge on any atom is -0.543 e. The predicted molar refractivity (Wildman–Crippen MR) is 73.9 cm³/mol. The van der Waals surface area contributed by atoms with E-state index in [-0.39, 0.29) is 5.04 Å². The zero-order valence-corrected chi connectivity index (χ0v) is 12.2. The molecule has 0 saturated heterocycles. The van der Waals surface area contributed by atoms with Gasteiger partial charge in [0, 0.05) is 0 Å². The van der Waals surface area contributed by atoms with Gasteiger partial charge in [-0.1, -0.05) is 26.8 Å². The van der Waals surface area contributed by atoms with E-state index in [1.807, 2.05) is 24.4 Å². The quantitative estimate of drug-likeness (QED) is 0.817. The van der Waals surface area contributed by atoms with Gasteiger partial charge in [0.15, 0.2) is 0 Å². The van der Waals surface area contributed by atoms with Crippen molar-refractivity contribution in [3.05, 3.63) is 24.4 Å². The van der Waals surface area contributed by atoms with Gasteiger partial charge in [-0.15, -0.1) is 0 Å². The Morgan fingerprint density at radius 1 is 1.24 bits per heavy atom. The summed E-state index contributed by atoms with van der Waals surface area (Å²) in [6, 6.07) is 6.04. The summed E-state index contributed by atoms with van der Waals surface area (Å²) < 4.78 is 6.32. The highest BCUT2D eigenvalue weighted by atomic mass is 28.4. The van der Waals surface area contributed by atoms with E-state index in [9.17, 15) is 0 Å². The van der Waals surface area contributed by atoms with Crippen molar-refractivity contribution in [2.24, 2.45) is 0 Å². The molecule has 0 aliphatic carbocycles. The smallest absolute Gasteiger partial charge is 0.250 e. The SMILES string of the molecule is CC(C)(C)[Si](C)(C)Oc1cccc2[nH]ncc12. The topological polar surface area (TPSA) is 37.9 Å². The minimum atomic E-state index is -1.78. The van der Waals surface area contributed by atoms with Crippen LogP contribution in [0.4, 0.5) is 0 Å². The Bertz CT molecular complexity index is 525. The number of hydrogen-bond acceptors (Lipinski definition) is 2. The molecule has 2 aromatic rings. The summed E-state index contributed by atoms with van der Waals surface area (Å²) in [4.78, 5) is 0. The lowest BCUT2D eigenvalue weighted by atomic mass is 10.2. The van der Waals surface area contributed by atoms with Crippen molar-refractivity contribution in [2.75, 3.05) is 0 Å². The number of H-pyrrole nitrogens is 1. The van der Waals surface area contributed by atoms with Gasteiger partial charge in [0.25, 0.3) is 8.32 Å². The Labute approximate surface area is 103 Å². The van der Waals surface area contributed by atoms with Crippen LogP contribution in [0.5, 0.6) is 5.75 Å². The van der Waals surface area contributed by atoms with E-state index in [4.69, 9.17) is 4.43 Å². The Morgan fingerprint density at radius 2 is 1.94 bits per heavy atom. The molecule has 1 N–H and O–H groups in total. The molecule has 0 aliphatic heterocycles. The van der Waals surface area contributed by atoms with Crippen LogP contribution in [0, 0.1) is 0 Å². The summed E-state index contributed by atoms with van der Waals surface area (Å²) in [6.07, 6.45) is 1.83. The van der Waals surface area contributed by atoms with Crippen molar-refractivity contribution >= 4 is 19.2 Å². The average Bonchev–Trinajstić information content (AvgIpc) is 2.64. The van der Waals surface area contributed by atoms with E-state index in [0.717, 1.165) is 16.7 Å². The van der Waals surface area contributed by atoms with E-state index in [0.29, 0.717) is 0 Å². The van der Waals surface area contributed by atoms with E-state index in [2.05, 4.69) is 44.1 Å². The van der Waals surface area contributed by atoms with Crippen molar-refractivity contribution in [3.63, 3.8) is 0 Å². The first-order valence-electron chi connectivity index (χ1n) is 5.92. The van der Waals surface area contributed by atoms with Crippen LogP contribution in [-0.4, -0.2) is 18.5 Å². The van der Waals surface area contributed by atoms with Crippen LogP contribution in [0.1, 0.15) is 20.8 Å². The van der Waals surface area contributed by atoms with Gasteiger partial charge in [-0.25, -0.2) is 0 Å². The van der Waals surface area contributed by atoms with Gasteiger partial charge in [0.05, 0.1) is 17.1 Å². The van der Waals surface area contributed by atoms with Crippen LogP contribution in [0.15, 0.2) is 24.4 Å². The van der Waals surface area contributed by atoms with Crippen molar-refractivity contribution in [1.29, 1.82) is 0 Å². The molecule has 92 valence electrons. The number of aromatic nitrogens is 2. The van der Waals surface area contributed by atoms with Gasteiger partial charge >= 0.3 is 0 Å². The third kappa shape index (κ3) is 2.22. The first-order chi connectivity index (χ1) is 7.81. The predicted octanol–water partition coefficient (Wildman–Crippen LogP) is 3.95. The number of nitrogens with zero attached hydrogens (tertiary/aromatic N) is 1. The van der Waals surface area contributed by atoms with Crippen molar-refractivity contribution in [2.45, 2.75) is 38.9 Å². The molecule has 0 atom stereocenters. The highest BCUT2D eigenvalue weighted by molar-refractivity contribution is 6.74. The molecule has 0 unspecified atom stereocenters. The molecule has 0 saturated carbocycles. The molecule has 4 heteroatoms. The number of benzene rings is 1. The summed E-state index contributed by atoms with van der Waals surface area (Å²) in [5.74, 6) is 0.947. The fraction of sp³-hybridized carbons (Fsp3) is 0.462. The lowest BCUT2D eigenvalue weighted by molar-refractivity contribution is 0.496. The van der Waals surface area contributed by atoms with Gasteiger partial charge in [-0.2, -0.15) is 5.10 Å². The molecule has 2 rings (SSSR count). The molecule has 1 heterocycles. The van der Waals surface area contributed by atoms with E-state index in [1.165, 1.54) is 0 Å². The standard InChI is InChI=1S/C13H20N2OSi/c1-13(2,3)17(4,5)16-12-8-6-7-11-10(12)9-14-15-11/h6-9H,1-5H3,(H,14,15).